The zero-order valence-electron chi connectivity index (χ0n) is 17.1. The van der Waals surface area contributed by atoms with Gasteiger partial charge in [-0.1, -0.05) is 0 Å². The number of amides is 1. The largest absolute Gasteiger partial charge is 0.456 e. The van der Waals surface area contributed by atoms with Gasteiger partial charge < -0.3 is 18.9 Å². The molecule has 0 radical (unpaired) electrons. The van der Waals surface area contributed by atoms with E-state index in [4.69, 9.17) is 9.47 Å². The fourth-order valence-electron chi connectivity index (χ4n) is 4.36. The van der Waals surface area contributed by atoms with Gasteiger partial charge in [-0.25, -0.2) is 4.79 Å². The van der Waals surface area contributed by atoms with Gasteiger partial charge in [-0.3, -0.25) is 9.59 Å². The highest BCUT2D eigenvalue weighted by Crippen LogP contribution is 2.47. The lowest BCUT2D eigenvalue weighted by molar-refractivity contribution is -0.152. The molecule has 3 heterocycles. The number of fused-ring (bicyclic) bond motifs is 1. The number of aryl methyl sites for hydroxylation is 1. The van der Waals surface area contributed by atoms with Crippen molar-refractivity contribution in [2.45, 2.75) is 57.5 Å². The number of carbonyl (C=O) groups is 3. The number of aromatic nitrogens is 1. The number of nitrogens with zero attached hydrogens (tertiary/aromatic N) is 2. The summed E-state index contributed by atoms with van der Waals surface area (Å²) in [6.07, 6.45) is 1.20. The van der Waals surface area contributed by atoms with Gasteiger partial charge >= 0.3 is 5.97 Å². The number of hydrogen-bond acceptors (Lipinski definition) is 6. The van der Waals surface area contributed by atoms with Crippen LogP contribution in [-0.2, 0) is 19.1 Å². The predicted molar refractivity (Wildman–Crippen MR) is 107 cm³/mol. The number of Topliss-reactive ketones (excluding diaryl/α,β-unsaturated/α-hetero) is 1. The van der Waals surface area contributed by atoms with Gasteiger partial charge in [-0.15, -0.1) is 11.8 Å². The molecule has 0 spiro atoms. The first-order chi connectivity index (χ1) is 13.2. The van der Waals surface area contributed by atoms with Crippen LogP contribution in [0.15, 0.2) is 6.07 Å². The van der Waals surface area contributed by atoms with E-state index < -0.39 is 12.0 Å². The molecule has 0 bridgehead atoms. The molecule has 0 aromatic carbocycles. The maximum Gasteiger partial charge on any atom is 0.330 e. The van der Waals surface area contributed by atoms with E-state index in [0.29, 0.717) is 24.3 Å². The average molecular weight is 409 g/mol. The van der Waals surface area contributed by atoms with E-state index in [1.165, 1.54) is 0 Å². The summed E-state index contributed by atoms with van der Waals surface area (Å²) in [5, 5.41) is 0. The second kappa shape index (κ2) is 7.91. The van der Waals surface area contributed by atoms with Crippen LogP contribution in [0.25, 0.3) is 0 Å². The van der Waals surface area contributed by atoms with Gasteiger partial charge in [-0.05, 0) is 40.2 Å². The molecule has 3 rings (SSSR count). The maximum atomic E-state index is 12.7. The number of methoxy groups -OCH3 is 1. The summed E-state index contributed by atoms with van der Waals surface area (Å²) in [6, 6.07) is 1.32. The summed E-state index contributed by atoms with van der Waals surface area (Å²) in [5.41, 5.74) is 2.35. The molecule has 7 nitrogen and oxygen atoms in total. The minimum absolute atomic E-state index is 0.0172. The summed E-state index contributed by atoms with van der Waals surface area (Å²) < 4.78 is 12.6. The van der Waals surface area contributed by atoms with E-state index in [-0.39, 0.29) is 29.2 Å². The molecule has 1 amide bonds. The Bertz CT molecular complexity index is 805. The van der Waals surface area contributed by atoms with Gasteiger partial charge in [0.25, 0.3) is 0 Å². The Kier molecular flexibility index (Phi) is 5.91. The molecule has 8 heteroatoms. The van der Waals surface area contributed by atoms with E-state index >= 15 is 0 Å². The number of carbonyl (C=O) groups excluding carboxylic acids is 3. The molecule has 0 aliphatic carbocycles. The monoisotopic (exact) mass is 408 g/mol. The quantitative estimate of drug-likeness (QED) is 0.510. The molecule has 1 aromatic rings. The van der Waals surface area contributed by atoms with Crippen molar-refractivity contribution in [3.05, 3.63) is 23.0 Å². The molecule has 1 aromatic heterocycles. The van der Waals surface area contributed by atoms with Crippen LogP contribution in [0, 0.1) is 13.8 Å². The first-order valence-electron chi connectivity index (χ1n) is 9.53. The van der Waals surface area contributed by atoms with Gasteiger partial charge in [0.2, 0.25) is 11.7 Å². The number of rotatable bonds is 7. The van der Waals surface area contributed by atoms with E-state index in [0.717, 1.165) is 17.8 Å². The Labute approximate surface area is 169 Å². The second-order valence-corrected chi connectivity index (χ2v) is 9.26. The van der Waals surface area contributed by atoms with E-state index in [1.807, 2.05) is 33.8 Å². The minimum Gasteiger partial charge on any atom is -0.456 e. The van der Waals surface area contributed by atoms with Crippen LogP contribution in [0.5, 0.6) is 0 Å². The van der Waals surface area contributed by atoms with Crippen LogP contribution >= 0.6 is 11.8 Å². The molecule has 0 unspecified atom stereocenters. The summed E-state index contributed by atoms with van der Waals surface area (Å²) in [4.78, 5) is 38.7. The molecule has 2 aliphatic rings. The van der Waals surface area contributed by atoms with Crippen molar-refractivity contribution >= 4 is 29.4 Å². The van der Waals surface area contributed by atoms with Crippen LogP contribution < -0.4 is 0 Å². The third-order valence-corrected chi connectivity index (χ3v) is 7.20. The number of hydrogen-bond donors (Lipinski definition) is 0. The third kappa shape index (κ3) is 3.59. The van der Waals surface area contributed by atoms with Gasteiger partial charge in [0.15, 0.2) is 6.61 Å². The molecule has 2 aliphatic heterocycles. The van der Waals surface area contributed by atoms with Crippen molar-refractivity contribution in [2.24, 2.45) is 0 Å². The lowest BCUT2D eigenvalue weighted by atomic mass is 10.1. The normalized spacial score (nSPS) is 25.1. The molecule has 2 saturated heterocycles. The van der Waals surface area contributed by atoms with Gasteiger partial charge in [0, 0.05) is 36.2 Å². The molecular weight excluding hydrogens is 380 g/mol. The zero-order valence-corrected chi connectivity index (χ0v) is 17.9. The number of ether oxygens (including phenoxy) is 2. The molecule has 0 N–H and O–H groups in total. The average Bonchev–Trinajstić information content (AvgIpc) is 3.24. The van der Waals surface area contributed by atoms with Crippen LogP contribution in [0.1, 0.15) is 54.5 Å². The summed E-state index contributed by atoms with van der Waals surface area (Å²) in [6.45, 7) is 8.06. The zero-order chi connectivity index (χ0) is 20.6. The molecule has 154 valence electrons. The van der Waals surface area contributed by atoms with Crippen LogP contribution in [0.2, 0.25) is 0 Å². The summed E-state index contributed by atoms with van der Waals surface area (Å²) in [5.74, 6) is -0.241. The van der Waals surface area contributed by atoms with Crippen molar-refractivity contribution in [1.82, 2.24) is 9.47 Å². The maximum absolute atomic E-state index is 12.7. The van der Waals surface area contributed by atoms with Crippen LogP contribution in [0.4, 0.5) is 0 Å². The highest BCUT2D eigenvalue weighted by atomic mass is 32.2. The lowest BCUT2D eigenvalue weighted by Crippen LogP contribution is -2.46. The van der Waals surface area contributed by atoms with E-state index in [2.05, 4.69) is 4.57 Å². The van der Waals surface area contributed by atoms with Crippen molar-refractivity contribution in [3.8, 4) is 0 Å². The highest BCUT2D eigenvalue weighted by molar-refractivity contribution is 8.01. The number of esters is 1. The standard InChI is InChI=1S/C20H28N2O5S/c1-12-8-15(14(3)21(12)13(2)9-26-5)17(23)10-27-19(25)16-11-28-20(4)7-6-18(24)22(16)20/h8,13,16H,6-7,9-11H2,1-5H3/t13-,16-,20-/m0/s1. The molecule has 0 saturated carbocycles. The van der Waals surface area contributed by atoms with Gasteiger partial charge in [0.05, 0.1) is 17.5 Å². The molecular formula is C20H28N2O5S. The summed E-state index contributed by atoms with van der Waals surface area (Å²) >= 11 is 1.61. The van der Waals surface area contributed by atoms with Crippen molar-refractivity contribution < 1.29 is 23.9 Å². The smallest absolute Gasteiger partial charge is 0.330 e. The van der Waals surface area contributed by atoms with E-state index in [9.17, 15) is 14.4 Å². The fraction of sp³-hybridized carbons (Fsp3) is 0.650. The SMILES string of the molecule is COC[C@H](C)n1c(C)cc(C(=O)COC(=O)[C@@H]2CS[C@@]3(C)CCC(=O)N23)c1C. The van der Waals surface area contributed by atoms with Crippen LogP contribution in [0.3, 0.4) is 0 Å². The predicted octanol–water partition coefficient (Wildman–Crippen LogP) is 2.49. The third-order valence-electron chi connectivity index (χ3n) is 5.70. The van der Waals surface area contributed by atoms with Crippen molar-refractivity contribution in [1.29, 1.82) is 0 Å². The molecule has 2 fully saturated rings. The number of thioether (sulfide) groups is 1. The van der Waals surface area contributed by atoms with E-state index in [1.54, 1.807) is 23.8 Å². The number of ketones is 1. The Morgan fingerprint density at radius 3 is 2.79 bits per heavy atom. The second-order valence-electron chi connectivity index (χ2n) is 7.76. The Hall–Kier alpha value is -1.80. The highest BCUT2D eigenvalue weighted by Gasteiger charge is 2.53. The summed E-state index contributed by atoms with van der Waals surface area (Å²) in [7, 11) is 1.65. The molecule has 28 heavy (non-hydrogen) atoms. The molecule has 3 atom stereocenters. The minimum atomic E-state index is -0.605. The topological polar surface area (TPSA) is 77.8 Å². The van der Waals surface area contributed by atoms with Gasteiger partial charge in [-0.2, -0.15) is 0 Å². The Balaban J connectivity index is 1.66. The lowest BCUT2D eigenvalue weighted by Gasteiger charge is -2.29. The fourth-order valence-corrected chi connectivity index (χ4v) is 5.78. The van der Waals surface area contributed by atoms with Crippen LogP contribution in [-0.4, -0.2) is 64.1 Å². The Morgan fingerprint density at radius 1 is 1.39 bits per heavy atom. The van der Waals surface area contributed by atoms with Crippen molar-refractivity contribution in [3.63, 3.8) is 0 Å². The first kappa shape index (κ1) is 20.9. The van der Waals surface area contributed by atoms with Gasteiger partial charge in [0.1, 0.15) is 6.04 Å². The Morgan fingerprint density at radius 2 is 2.11 bits per heavy atom. The van der Waals surface area contributed by atoms with Crippen molar-refractivity contribution in [2.75, 3.05) is 26.1 Å². The first-order valence-corrected chi connectivity index (χ1v) is 10.5.